The summed E-state index contributed by atoms with van der Waals surface area (Å²) in [5.74, 6) is 1.00. The Morgan fingerprint density at radius 1 is 0.852 bits per heavy atom. The zero-order valence-corrected chi connectivity index (χ0v) is 17.6. The van der Waals surface area contributed by atoms with Crippen molar-refractivity contribution in [3.8, 4) is 11.5 Å². The largest absolute Gasteiger partial charge is 1.00 e. The maximum atomic E-state index is 10.4. The number of phenolic OH excluding ortho intramolecular Hbond substituents is 2. The Kier molecular flexibility index (Phi) is 5.68. The molecule has 2 aliphatic rings. The highest BCUT2D eigenvalue weighted by atomic mass is 79.9. The minimum Gasteiger partial charge on any atom is -1.00 e. The Balaban J connectivity index is 0.00000210. The minimum absolute atomic E-state index is 0. The molecular formula is C23H28BrNO2. The normalized spacial score (nSPS) is 25.5. The maximum absolute atomic E-state index is 10.4. The summed E-state index contributed by atoms with van der Waals surface area (Å²) in [4.78, 5) is 0. The van der Waals surface area contributed by atoms with E-state index in [1.54, 1.807) is 12.1 Å². The molecular weight excluding hydrogens is 402 g/mol. The summed E-state index contributed by atoms with van der Waals surface area (Å²) in [5.41, 5.74) is 2.53. The molecule has 0 aliphatic carbocycles. The number of hydrogen-bond acceptors (Lipinski definition) is 2. The predicted octanol–water partition coefficient (Wildman–Crippen LogP) is 1.55. The van der Waals surface area contributed by atoms with Crippen molar-refractivity contribution >= 4 is 5.57 Å². The minimum atomic E-state index is 0. The van der Waals surface area contributed by atoms with Gasteiger partial charge in [-0.25, -0.2) is 0 Å². The fourth-order valence-electron chi connectivity index (χ4n) is 5.02. The molecule has 2 aliphatic heterocycles. The van der Waals surface area contributed by atoms with Crippen LogP contribution in [0.25, 0.3) is 5.57 Å². The topological polar surface area (TPSA) is 40.5 Å². The molecule has 2 heterocycles. The lowest BCUT2D eigenvalue weighted by molar-refractivity contribution is -0.931. The van der Waals surface area contributed by atoms with Crippen molar-refractivity contribution in [2.75, 3.05) is 14.1 Å². The molecule has 2 aromatic carbocycles. The molecule has 27 heavy (non-hydrogen) atoms. The number of phenols is 2. The number of benzene rings is 2. The van der Waals surface area contributed by atoms with Crippen LogP contribution >= 0.6 is 0 Å². The third-order valence-corrected chi connectivity index (χ3v) is 6.66. The summed E-state index contributed by atoms with van der Waals surface area (Å²) in [6, 6.07) is 16.3. The van der Waals surface area contributed by atoms with Crippen LogP contribution in [-0.2, 0) is 0 Å². The molecule has 2 fully saturated rings. The fraction of sp³-hybridized carbons (Fsp3) is 0.391. The summed E-state index contributed by atoms with van der Waals surface area (Å²) in [7, 11) is 4.74. The van der Waals surface area contributed by atoms with Gasteiger partial charge in [-0.05, 0) is 23.6 Å². The number of piperidine rings is 1. The van der Waals surface area contributed by atoms with Gasteiger partial charge in [-0.15, -0.1) is 0 Å². The molecule has 2 N–H and O–H groups in total. The zero-order chi connectivity index (χ0) is 18.3. The fourth-order valence-corrected chi connectivity index (χ4v) is 5.02. The van der Waals surface area contributed by atoms with Crippen molar-refractivity contribution in [2.24, 2.45) is 5.92 Å². The van der Waals surface area contributed by atoms with Crippen LogP contribution in [0.15, 0.2) is 54.6 Å². The molecule has 2 bridgehead atoms. The van der Waals surface area contributed by atoms with E-state index in [1.165, 1.54) is 25.7 Å². The number of fused-ring (bicyclic) bond motifs is 2. The van der Waals surface area contributed by atoms with Crippen LogP contribution in [0.4, 0.5) is 0 Å². The van der Waals surface area contributed by atoms with Crippen molar-refractivity contribution in [1.29, 1.82) is 0 Å². The van der Waals surface area contributed by atoms with E-state index in [9.17, 15) is 10.2 Å². The lowest BCUT2D eigenvalue weighted by Crippen LogP contribution is -3.00. The first-order chi connectivity index (χ1) is 12.5. The highest BCUT2D eigenvalue weighted by molar-refractivity contribution is 5.85. The first kappa shape index (κ1) is 20.0. The Morgan fingerprint density at radius 2 is 1.30 bits per heavy atom. The van der Waals surface area contributed by atoms with E-state index in [0.29, 0.717) is 18.0 Å². The van der Waals surface area contributed by atoms with E-state index in [2.05, 4.69) is 20.2 Å². The standard InChI is InChI=1S/C23H27NO2.BrH/c1-24(2)17-11-12-18(24)14-16(13-17)15-21(19-7-3-5-9-22(19)25)20-8-4-6-10-23(20)26;/h3-10,15-18H,11-14H2,1-2H3,(H-,25,26);1H/t17-,18-;/m0./s1. The van der Waals surface area contributed by atoms with E-state index in [0.717, 1.165) is 21.2 Å². The zero-order valence-electron chi connectivity index (χ0n) is 16.0. The Bertz CT molecular complexity index is 782. The van der Waals surface area contributed by atoms with Crippen molar-refractivity contribution in [1.82, 2.24) is 0 Å². The number of rotatable bonds is 3. The van der Waals surface area contributed by atoms with Crippen LogP contribution in [0, 0.1) is 5.92 Å². The van der Waals surface area contributed by atoms with Crippen LogP contribution in [0.3, 0.4) is 0 Å². The van der Waals surface area contributed by atoms with Crippen molar-refractivity contribution in [2.45, 2.75) is 37.8 Å². The number of hydrogen-bond donors (Lipinski definition) is 2. The van der Waals surface area contributed by atoms with Crippen molar-refractivity contribution < 1.29 is 31.7 Å². The van der Waals surface area contributed by atoms with Crippen molar-refractivity contribution in [3.63, 3.8) is 0 Å². The van der Waals surface area contributed by atoms with Crippen LogP contribution in [0.1, 0.15) is 36.8 Å². The third kappa shape index (κ3) is 3.65. The Labute approximate surface area is 172 Å². The number of aromatic hydroxyl groups is 2. The van der Waals surface area contributed by atoms with E-state index in [1.807, 2.05) is 36.4 Å². The molecule has 2 atom stereocenters. The van der Waals surface area contributed by atoms with Gasteiger partial charge in [0, 0.05) is 36.8 Å². The first-order valence-corrected chi connectivity index (χ1v) is 9.58. The summed E-state index contributed by atoms with van der Waals surface area (Å²) in [5, 5.41) is 20.9. The van der Waals surface area contributed by atoms with Gasteiger partial charge >= 0.3 is 0 Å². The van der Waals surface area contributed by atoms with Crippen LogP contribution < -0.4 is 17.0 Å². The van der Waals surface area contributed by atoms with Gasteiger partial charge in [-0.2, -0.15) is 0 Å². The third-order valence-electron chi connectivity index (χ3n) is 6.66. The van der Waals surface area contributed by atoms with E-state index in [-0.39, 0.29) is 28.5 Å². The molecule has 0 radical (unpaired) electrons. The van der Waals surface area contributed by atoms with Crippen LogP contribution in [0.2, 0.25) is 0 Å². The molecule has 2 aromatic rings. The molecule has 0 aromatic heterocycles. The van der Waals surface area contributed by atoms with Crippen LogP contribution in [0.5, 0.6) is 11.5 Å². The second-order valence-corrected chi connectivity index (χ2v) is 8.36. The summed E-state index contributed by atoms with van der Waals surface area (Å²) in [6.07, 6.45) is 7.27. The molecule has 0 spiro atoms. The Hall–Kier alpha value is -1.78. The number of nitrogens with zero attached hydrogens (tertiary/aromatic N) is 1. The second kappa shape index (κ2) is 7.69. The smallest absolute Gasteiger partial charge is 0.123 e. The van der Waals surface area contributed by atoms with Gasteiger partial charge in [0.1, 0.15) is 11.5 Å². The first-order valence-electron chi connectivity index (χ1n) is 9.58. The van der Waals surface area contributed by atoms with Gasteiger partial charge in [0.05, 0.1) is 26.2 Å². The molecule has 4 heteroatoms. The number of para-hydroxylation sites is 2. The lowest BCUT2D eigenvalue weighted by Gasteiger charge is -2.44. The van der Waals surface area contributed by atoms with E-state index in [4.69, 9.17) is 0 Å². The summed E-state index contributed by atoms with van der Waals surface area (Å²) >= 11 is 0. The number of allylic oxidation sites excluding steroid dienone is 1. The molecule has 2 saturated heterocycles. The van der Waals surface area contributed by atoms with Gasteiger partial charge in [0.25, 0.3) is 0 Å². The monoisotopic (exact) mass is 429 g/mol. The van der Waals surface area contributed by atoms with Crippen molar-refractivity contribution in [3.05, 3.63) is 65.7 Å². The quantitative estimate of drug-likeness (QED) is 0.726. The average Bonchev–Trinajstić information content (AvgIpc) is 2.78. The molecule has 0 saturated carbocycles. The lowest BCUT2D eigenvalue weighted by atomic mass is 9.85. The van der Waals surface area contributed by atoms with Gasteiger partial charge < -0.3 is 31.7 Å². The molecule has 4 rings (SSSR count). The number of quaternary nitrogens is 1. The molecule has 0 unspecified atom stereocenters. The average molecular weight is 430 g/mol. The van der Waals surface area contributed by atoms with Gasteiger partial charge in [-0.1, -0.05) is 42.5 Å². The maximum Gasteiger partial charge on any atom is 0.123 e. The number of halogens is 1. The van der Waals surface area contributed by atoms with E-state index >= 15 is 0 Å². The second-order valence-electron chi connectivity index (χ2n) is 8.36. The van der Waals surface area contributed by atoms with Gasteiger partial charge in [0.15, 0.2) is 0 Å². The predicted molar refractivity (Wildman–Crippen MR) is 105 cm³/mol. The summed E-state index contributed by atoms with van der Waals surface area (Å²) < 4.78 is 1.15. The van der Waals surface area contributed by atoms with Crippen LogP contribution in [-0.4, -0.2) is 40.9 Å². The van der Waals surface area contributed by atoms with Gasteiger partial charge in [-0.3, -0.25) is 0 Å². The van der Waals surface area contributed by atoms with Gasteiger partial charge in [0.2, 0.25) is 0 Å². The molecule has 3 nitrogen and oxygen atoms in total. The summed E-state index contributed by atoms with van der Waals surface area (Å²) in [6.45, 7) is 0. The molecule has 0 amide bonds. The molecule has 144 valence electrons. The highest BCUT2D eigenvalue weighted by Crippen LogP contribution is 2.44. The SMILES string of the molecule is C[N+]1(C)[C@H]2CC[C@H]1CC(C=C(c1ccccc1O)c1ccccc1O)C2.[Br-]. The van der Waals surface area contributed by atoms with E-state index < -0.39 is 0 Å². The Morgan fingerprint density at radius 3 is 1.74 bits per heavy atom. The highest BCUT2D eigenvalue weighted by Gasteiger charge is 2.48.